The van der Waals surface area contributed by atoms with Crippen LogP contribution in [0.2, 0.25) is 0 Å². The zero-order valence-electron chi connectivity index (χ0n) is 8.13. The van der Waals surface area contributed by atoms with Crippen LogP contribution in [0.4, 0.5) is 10.1 Å². The molecular weight excluding hydrogens is 205 g/mol. The molecule has 0 aliphatic carbocycles. The lowest BCUT2D eigenvalue weighted by atomic mass is 10.1. The summed E-state index contributed by atoms with van der Waals surface area (Å²) in [6, 6.07) is 0.980. The quantitative estimate of drug-likeness (QED) is 0.432. The number of benzene rings is 1. The molecule has 0 atom stereocenters. The number of halogens is 1. The molecule has 14 heavy (non-hydrogen) atoms. The Bertz CT molecular complexity index is 393. The zero-order chi connectivity index (χ0) is 10.9. The molecule has 0 aromatic heterocycles. The molecule has 0 aliphatic heterocycles. The van der Waals surface area contributed by atoms with Crippen molar-refractivity contribution in [2.45, 2.75) is 18.7 Å². The van der Waals surface area contributed by atoms with Gasteiger partial charge in [-0.05, 0) is 25.7 Å². The van der Waals surface area contributed by atoms with Crippen molar-refractivity contribution in [3.05, 3.63) is 33.1 Å². The van der Waals surface area contributed by atoms with Gasteiger partial charge in [0.2, 0.25) is 0 Å². The van der Waals surface area contributed by atoms with Gasteiger partial charge < -0.3 is 0 Å². The van der Waals surface area contributed by atoms with Gasteiger partial charge in [0.1, 0.15) is 5.82 Å². The molecule has 1 rings (SSSR count). The van der Waals surface area contributed by atoms with Crippen molar-refractivity contribution in [2.75, 3.05) is 6.26 Å². The first kappa shape index (κ1) is 11.0. The van der Waals surface area contributed by atoms with Gasteiger partial charge in [-0.15, -0.1) is 11.8 Å². The van der Waals surface area contributed by atoms with E-state index in [-0.39, 0.29) is 5.69 Å². The van der Waals surface area contributed by atoms with Crippen molar-refractivity contribution >= 4 is 17.4 Å². The molecule has 3 nitrogen and oxygen atoms in total. The topological polar surface area (TPSA) is 43.1 Å². The summed E-state index contributed by atoms with van der Waals surface area (Å²) in [4.78, 5) is 10.5. The van der Waals surface area contributed by atoms with Gasteiger partial charge in [0.25, 0.3) is 5.69 Å². The van der Waals surface area contributed by atoms with Gasteiger partial charge in [0.15, 0.2) is 0 Å². The molecule has 0 amide bonds. The number of nitro benzene ring substituents is 1. The van der Waals surface area contributed by atoms with Gasteiger partial charge in [-0.3, -0.25) is 10.1 Å². The molecule has 0 N–H and O–H groups in total. The maximum Gasteiger partial charge on any atom is 0.275 e. The SMILES string of the molecule is CSc1c(F)cc([N+](=O)[O-])c(C)c1C. The van der Waals surface area contributed by atoms with Gasteiger partial charge in [0, 0.05) is 10.5 Å². The first-order valence-electron chi connectivity index (χ1n) is 3.97. The van der Waals surface area contributed by atoms with Crippen LogP contribution in [0, 0.1) is 29.8 Å². The minimum absolute atomic E-state index is 0.155. The van der Waals surface area contributed by atoms with Gasteiger partial charge in [0.05, 0.1) is 11.0 Å². The summed E-state index contributed by atoms with van der Waals surface area (Å²) in [5, 5.41) is 10.6. The van der Waals surface area contributed by atoms with Crippen molar-refractivity contribution in [1.29, 1.82) is 0 Å². The summed E-state index contributed by atoms with van der Waals surface area (Å²) in [5.41, 5.74) is 1.02. The van der Waals surface area contributed by atoms with Gasteiger partial charge in [-0.2, -0.15) is 0 Å². The molecular formula is C9H10FNO2S. The Morgan fingerprint density at radius 1 is 1.43 bits per heavy atom. The van der Waals surface area contributed by atoms with Crippen LogP contribution < -0.4 is 0 Å². The molecule has 1 aromatic rings. The van der Waals surface area contributed by atoms with Crippen molar-refractivity contribution in [2.24, 2.45) is 0 Å². The van der Waals surface area contributed by atoms with E-state index in [1.165, 1.54) is 11.8 Å². The zero-order valence-corrected chi connectivity index (χ0v) is 8.94. The van der Waals surface area contributed by atoms with E-state index in [1.54, 1.807) is 20.1 Å². The van der Waals surface area contributed by atoms with E-state index in [1.807, 2.05) is 0 Å². The fourth-order valence-corrected chi connectivity index (χ4v) is 1.99. The molecule has 0 fully saturated rings. The van der Waals surface area contributed by atoms with Gasteiger partial charge >= 0.3 is 0 Å². The number of thioether (sulfide) groups is 1. The summed E-state index contributed by atoms with van der Waals surface area (Å²) in [6.45, 7) is 3.32. The van der Waals surface area contributed by atoms with Gasteiger partial charge in [-0.1, -0.05) is 0 Å². The Balaban J connectivity index is 3.47. The maximum atomic E-state index is 13.3. The predicted molar refractivity (Wildman–Crippen MR) is 54.3 cm³/mol. The smallest absolute Gasteiger partial charge is 0.258 e. The lowest BCUT2D eigenvalue weighted by molar-refractivity contribution is -0.385. The third-order valence-electron chi connectivity index (χ3n) is 2.17. The highest BCUT2D eigenvalue weighted by atomic mass is 32.2. The normalized spacial score (nSPS) is 10.3. The van der Waals surface area contributed by atoms with E-state index in [0.717, 1.165) is 6.07 Å². The lowest BCUT2D eigenvalue weighted by Crippen LogP contribution is -1.98. The molecule has 0 radical (unpaired) electrons. The number of hydrogen-bond acceptors (Lipinski definition) is 3. The molecule has 0 unspecified atom stereocenters. The first-order chi connectivity index (χ1) is 6.49. The highest BCUT2D eigenvalue weighted by Gasteiger charge is 2.18. The second-order valence-electron chi connectivity index (χ2n) is 2.92. The molecule has 0 heterocycles. The molecule has 1 aromatic carbocycles. The highest BCUT2D eigenvalue weighted by Crippen LogP contribution is 2.31. The fourth-order valence-electron chi connectivity index (χ4n) is 1.28. The van der Waals surface area contributed by atoms with Gasteiger partial charge in [-0.25, -0.2) is 4.39 Å². The summed E-state index contributed by atoms with van der Waals surface area (Å²) in [7, 11) is 0. The van der Waals surface area contributed by atoms with Crippen LogP contribution >= 0.6 is 11.8 Å². The second kappa shape index (κ2) is 3.96. The van der Waals surface area contributed by atoms with Crippen LogP contribution in [0.25, 0.3) is 0 Å². The largest absolute Gasteiger partial charge is 0.275 e. The summed E-state index contributed by atoms with van der Waals surface area (Å²) < 4.78 is 13.3. The van der Waals surface area contributed by atoms with E-state index in [9.17, 15) is 14.5 Å². The average molecular weight is 215 g/mol. The van der Waals surface area contributed by atoms with Crippen LogP contribution in [0.15, 0.2) is 11.0 Å². The summed E-state index contributed by atoms with van der Waals surface area (Å²) in [5.74, 6) is -0.521. The minimum Gasteiger partial charge on any atom is -0.258 e. The van der Waals surface area contributed by atoms with Crippen molar-refractivity contribution in [3.8, 4) is 0 Å². The molecule has 0 saturated carbocycles. The van der Waals surface area contributed by atoms with E-state index < -0.39 is 10.7 Å². The van der Waals surface area contributed by atoms with Crippen LogP contribution in [-0.4, -0.2) is 11.2 Å². The monoisotopic (exact) mass is 215 g/mol. The van der Waals surface area contributed by atoms with Crippen LogP contribution in [0.3, 0.4) is 0 Å². The predicted octanol–water partition coefficient (Wildman–Crippen LogP) is 3.07. The summed E-state index contributed by atoms with van der Waals surface area (Å²) >= 11 is 1.26. The Hall–Kier alpha value is -1.10. The fraction of sp³-hybridized carbons (Fsp3) is 0.333. The third-order valence-corrected chi connectivity index (χ3v) is 3.08. The summed E-state index contributed by atoms with van der Waals surface area (Å²) in [6.07, 6.45) is 1.75. The Kier molecular flexibility index (Phi) is 3.10. The molecule has 0 spiro atoms. The van der Waals surface area contributed by atoms with E-state index >= 15 is 0 Å². The van der Waals surface area contributed by atoms with E-state index in [2.05, 4.69) is 0 Å². The Morgan fingerprint density at radius 2 is 2.00 bits per heavy atom. The lowest BCUT2D eigenvalue weighted by Gasteiger charge is -2.07. The number of nitrogens with zero attached hydrogens (tertiary/aromatic N) is 1. The van der Waals surface area contributed by atoms with Crippen LogP contribution in [0.5, 0.6) is 0 Å². The third kappa shape index (κ3) is 1.72. The van der Waals surface area contributed by atoms with Crippen molar-refractivity contribution in [1.82, 2.24) is 0 Å². The molecule has 5 heteroatoms. The molecule has 0 bridgehead atoms. The van der Waals surface area contributed by atoms with E-state index in [0.29, 0.717) is 16.0 Å². The molecule has 76 valence electrons. The number of nitro groups is 1. The van der Waals surface area contributed by atoms with Crippen molar-refractivity contribution < 1.29 is 9.31 Å². The Morgan fingerprint density at radius 3 is 2.43 bits per heavy atom. The average Bonchev–Trinajstić information content (AvgIpc) is 2.12. The standard InChI is InChI=1S/C9H10FNO2S/c1-5-6(2)9(14-3)7(10)4-8(5)11(12)13/h4H,1-3H3. The maximum absolute atomic E-state index is 13.3. The molecule has 0 saturated heterocycles. The highest BCUT2D eigenvalue weighted by molar-refractivity contribution is 7.98. The van der Waals surface area contributed by atoms with Crippen molar-refractivity contribution in [3.63, 3.8) is 0 Å². The first-order valence-corrected chi connectivity index (χ1v) is 5.19. The molecule has 0 aliphatic rings. The number of rotatable bonds is 2. The van der Waals surface area contributed by atoms with Crippen LogP contribution in [0.1, 0.15) is 11.1 Å². The van der Waals surface area contributed by atoms with E-state index in [4.69, 9.17) is 0 Å². The Labute approximate surface area is 85.5 Å². The number of hydrogen-bond donors (Lipinski definition) is 0. The minimum atomic E-state index is -0.560. The van der Waals surface area contributed by atoms with Crippen LogP contribution in [-0.2, 0) is 0 Å². The second-order valence-corrected chi connectivity index (χ2v) is 3.73.